The van der Waals surface area contributed by atoms with Crippen molar-refractivity contribution in [1.29, 1.82) is 0 Å². The molecule has 1 rings (SSSR count). The van der Waals surface area contributed by atoms with Gasteiger partial charge in [0.1, 0.15) is 6.61 Å². The van der Waals surface area contributed by atoms with Gasteiger partial charge >= 0.3 is 11.9 Å². The van der Waals surface area contributed by atoms with Crippen LogP contribution < -0.4 is 0 Å². The molecule has 1 aromatic rings. The molecule has 0 amide bonds. The van der Waals surface area contributed by atoms with Gasteiger partial charge in [-0.15, -0.1) is 0 Å². The Hall–Kier alpha value is -2.00. The van der Waals surface area contributed by atoms with Crippen molar-refractivity contribution in [2.75, 3.05) is 46.2 Å². The van der Waals surface area contributed by atoms with Crippen LogP contribution in [0.4, 0.5) is 0 Å². The molecule has 0 saturated heterocycles. The molecule has 0 aliphatic carbocycles. The van der Waals surface area contributed by atoms with E-state index in [0.29, 0.717) is 33.0 Å². The molecule has 36 heavy (non-hydrogen) atoms. The van der Waals surface area contributed by atoms with Crippen molar-refractivity contribution < 1.29 is 38.4 Å². The smallest absolute Gasteiger partial charge is 0.339 e. The second-order valence-corrected chi connectivity index (χ2v) is 8.67. The van der Waals surface area contributed by atoms with Crippen LogP contribution in [-0.2, 0) is 23.7 Å². The Bertz CT molecular complexity index is 678. The largest absolute Gasteiger partial charge is 0.478 e. The van der Waals surface area contributed by atoms with Gasteiger partial charge in [0.15, 0.2) is 6.29 Å². The number of hydrogen-bond donors (Lipinski definition) is 1. The molecule has 0 aliphatic heterocycles. The lowest BCUT2D eigenvalue weighted by Gasteiger charge is -2.19. The van der Waals surface area contributed by atoms with E-state index in [1.54, 1.807) is 12.1 Å². The van der Waals surface area contributed by atoms with Gasteiger partial charge < -0.3 is 28.8 Å². The van der Waals surface area contributed by atoms with Gasteiger partial charge in [0, 0.05) is 13.2 Å². The Labute approximate surface area is 216 Å². The summed E-state index contributed by atoms with van der Waals surface area (Å²) in [6.45, 7) is 7.01. The molecule has 1 N–H and O–H groups in total. The molecule has 0 radical (unpaired) electrons. The Balaban J connectivity index is 2.19. The van der Waals surface area contributed by atoms with E-state index in [9.17, 15) is 9.59 Å². The van der Waals surface area contributed by atoms with Crippen LogP contribution in [0.3, 0.4) is 0 Å². The average molecular weight is 511 g/mol. The lowest BCUT2D eigenvalue weighted by molar-refractivity contribution is -0.175. The second-order valence-electron chi connectivity index (χ2n) is 8.67. The first-order chi connectivity index (χ1) is 17.6. The van der Waals surface area contributed by atoms with E-state index in [2.05, 4.69) is 13.8 Å². The molecule has 8 heteroatoms. The number of carbonyl (C=O) groups is 2. The summed E-state index contributed by atoms with van der Waals surface area (Å²) in [6, 6.07) is 5.95. The van der Waals surface area contributed by atoms with Crippen molar-refractivity contribution in [2.24, 2.45) is 0 Å². The van der Waals surface area contributed by atoms with Crippen LogP contribution in [-0.4, -0.2) is 69.6 Å². The minimum absolute atomic E-state index is 0.0232. The summed E-state index contributed by atoms with van der Waals surface area (Å²) >= 11 is 0. The van der Waals surface area contributed by atoms with Crippen molar-refractivity contribution in [3.05, 3.63) is 35.4 Å². The summed E-state index contributed by atoms with van der Waals surface area (Å²) in [4.78, 5) is 23.3. The van der Waals surface area contributed by atoms with E-state index < -0.39 is 11.9 Å². The number of esters is 1. The van der Waals surface area contributed by atoms with Crippen LogP contribution in [0.25, 0.3) is 0 Å². The normalized spacial score (nSPS) is 11.2. The zero-order valence-electron chi connectivity index (χ0n) is 22.2. The molecular weight excluding hydrogens is 464 g/mol. The fraction of sp³-hybridized carbons (Fsp3) is 0.714. The van der Waals surface area contributed by atoms with Crippen LogP contribution in [0, 0.1) is 0 Å². The number of benzene rings is 1. The zero-order valence-corrected chi connectivity index (χ0v) is 22.2. The van der Waals surface area contributed by atoms with Crippen LogP contribution in [0.5, 0.6) is 0 Å². The van der Waals surface area contributed by atoms with E-state index in [4.69, 9.17) is 28.8 Å². The molecule has 0 aromatic heterocycles. The Kier molecular flexibility index (Phi) is 19.8. The van der Waals surface area contributed by atoms with Crippen molar-refractivity contribution >= 4 is 11.9 Å². The van der Waals surface area contributed by atoms with Gasteiger partial charge in [-0.3, -0.25) is 0 Å². The molecule has 0 spiro atoms. The summed E-state index contributed by atoms with van der Waals surface area (Å²) in [6.07, 6.45) is 11.4. The minimum Gasteiger partial charge on any atom is -0.478 e. The maximum atomic E-state index is 12.1. The SMILES string of the molecule is CCCCCCCOC(COCCOCCOC(=O)c1ccccc1C(=O)O)OCCCCCCC. The number of rotatable bonds is 24. The van der Waals surface area contributed by atoms with Gasteiger partial charge in [0.25, 0.3) is 0 Å². The number of carboxylic acid groups (broad SMARTS) is 1. The van der Waals surface area contributed by atoms with Crippen molar-refractivity contribution in [3.8, 4) is 0 Å². The first kappa shape index (κ1) is 32.0. The average Bonchev–Trinajstić information content (AvgIpc) is 2.88. The molecule has 0 heterocycles. The lowest BCUT2D eigenvalue weighted by atomic mass is 10.1. The predicted molar refractivity (Wildman–Crippen MR) is 139 cm³/mol. The first-order valence-corrected chi connectivity index (χ1v) is 13.5. The number of hydrogen-bond acceptors (Lipinski definition) is 7. The van der Waals surface area contributed by atoms with Crippen LogP contribution >= 0.6 is 0 Å². The topological polar surface area (TPSA) is 101 Å². The van der Waals surface area contributed by atoms with Crippen molar-refractivity contribution in [1.82, 2.24) is 0 Å². The summed E-state index contributed by atoms with van der Waals surface area (Å²) in [5, 5.41) is 9.16. The van der Waals surface area contributed by atoms with Crippen LogP contribution in [0.15, 0.2) is 24.3 Å². The molecule has 1 aromatic carbocycles. The van der Waals surface area contributed by atoms with Gasteiger partial charge in [-0.25, -0.2) is 9.59 Å². The quantitative estimate of drug-likeness (QED) is 0.105. The number of carbonyl (C=O) groups excluding carboxylic acids is 1. The summed E-state index contributed by atoms with van der Waals surface area (Å²) < 4.78 is 28.0. The van der Waals surface area contributed by atoms with Gasteiger partial charge in [-0.1, -0.05) is 77.3 Å². The molecule has 0 aliphatic rings. The van der Waals surface area contributed by atoms with E-state index in [1.165, 1.54) is 63.5 Å². The highest BCUT2D eigenvalue weighted by Crippen LogP contribution is 2.10. The molecular formula is C28H46O8. The molecule has 8 nitrogen and oxygen atoms in total. The maximum absolute atomic E-state index is 12.1. The molecule has 0 bridgehead atoms. The van der Waals surface area contributed by atoms with E-state index >= 15 is 0 Å². The van der Waals surface area contributed by atoms with Crippen molar-refractivity contribution in [2.45, 2.75) is 84.3 Å². The fourth-order valence-electron chi connectivity index (χ4n) is 3.50. The summed E-state index contributed by atoms with van der Waals surface area (Å²) in [5.74, 6) is -1.86. The number of aromatic carboxylic acids is 1. The first-order valence-electron chi connectivity index (χ1n) is 13.5. The van der Waals surface area contributed by atoms with Crippen LogP contribution in [0.2, 0.25) is 0 Å². The standard InChI is InChI=1S/C28H46O8/c1-3-5-7-9-13-17-34-26(35-18-14-10-8-6-4-2)23-33-20-19-32-21-22-36-28(31)25-16-12-11-15-24(25)27(29)30/h11-12,15-16,26H,3-10,13-14,17-23H2,1-2H3,(H,29,30). The van der Waals surface area contributed by atoms with Gasteiger partial charge in [0.05, 0.1) is 37.6 Å². The molecule has 206 valence electrons. The number of unbranched alkanes of at least 4 members (excludes halogenated alkanes) is 8. The summed E-state index contributed by atoms with van der Waals surface area (Å²) in [7, 11) is 0. The molecule has 0 saturated carbocycles. The second kappa shape index (κ2) is 22.2. The monoisotopic (exact) mass is 510 g/mol. The summed E-state index contributed by atoms with van der Waals surface area (Å²) in [5.41, 5.74) is -0.0622. The van der Waals surface area contributed by atoms with Gasteiger partial charge in [0.2, 0.25) is 0 Å². The highest BCUT2D eigenvalue weighted by atomic mass is 16.7. The van der Waals surface area contributed by atoms with E-state index in [1.807, 2.05) is 0 Å². The third-order valence-electron chi connectivity index (χ3n) is 5.57. The van der Waals surface area contributed by atoms with Gasteiger partial charge in [-0.2, -0.15) is 0 Å². The highest BCUT2D eigenvalue weighted by Gasteiger charge is 2.16. The Morgan fingerprint density at radius 3 is 1.81 bits per heavy atom. The predicted octanol–water partition coefficient (Wildman–Crippen LogP) is 5.87. The fourth-order valence-corrected chi connectivity index (χ4v) is 3.50. The molecule has 0 unspecified atom stereocenters. The number of ether oxygens (including phenoxy) is 5. The Morgan fingerprint density at radius 1 is 0.694 bits per heavy atom. The van der Waals surface area contributed by atoms with Crippen molar-refractivity contribution in [3.63, 3.8) is 0 Å². The zero-order chi connectivity index (χ0) is 26.3. The molecule has 0 fully saturated rings. The molecule has 0 atom stereocenters. The minimum atomic E-state index is -1.17. The van der Waals surface area contributed by atoms with Gasteiger partial charge in [-0.05, 0) is 25.0 Å². The van der Waals surface area contributed by atoms with E-state index in [0.717, 1.165) is 12.8 Å². The number of carboxylic acids is 1. The maximum Gasteiger partial charge on any atom is 0.339 e. The van der Waals surface area contributed by atoms with E-state index in [-0.39, 0.29) is 30.6 Å². The highest BCUT2D eigenvalue weighted by molar-refractivity contribution is 6.02. The Morgan fingerprint density at radius 2 is 1.22 bits per heavy atom. The lowest BCUT2D eigenvalue weighted by Crippen LogP contribution is -2.25. The third kappa shape index (κ3) is 15.9. The van der Waals surface area contributed by atoms with Crippen LogP contribution in [0.1, 0.15) is 98.8 Å². The third-order valence-corrected chi connectivity index (χ3v) is 5.57.